The molecule has 1 N–H and O–H groups in total. The van der Waals surface area contributed by atoms with Crippen LogP contribution < -0.4 is 19.1 Å². The number of nitrogens with one attached hydrogen (secondary N) is 1. The van der Waals surface area contributed by atoms with Gasteiger partial charge in [0, 0.05) is 6.07 Å². The molecule has 0 unspecified atom stereocenters. The van der Waals surface area contributed by atoms with Gasteiger partial charge >= 0.3 is 0 Å². The van der Waals surface area contributed by atoms with Crippen molar-refractivity contribution in [2.45, 2.75) is 24.8 Å². The van der Waals surface area contributed by atoms with Crippen molar-refractivity contribution in [3.63, 3.8) is 0 Å². The second-order valence-electron chi connectivity index (χ2n) is 7.70. The summed E-state index contributed by atoms with van der Waals surface area (Å²) in [6.07, 6.45) is 0. The summed E-state index contributed by atoms with van der Waals surface area (Å²) in [6.45, 7) is 3.28. The number of amides is 1. The van der Waals surface area contributed by atoms with E-state index in [1.54, 1.807) is 0 Å². The van der Waals surface area contributed by atoms with Crippen molar-refractivity contribution in [2.24, 2.45) is 0 Å². The van der Waals surface area contributed by atoms with Gasteiger partial charge in [0.25, 0.3) is 10.0 Å². The monoisotopic (exact) mass is 486 g/mol. The van der Waals surface area contributed by atoms with Gasteiger partial charge in [0.1, 0.15) is 12.4 Å². The molecule has 0 saturated heterocycles. The molecule has 1 atom stereocenters. The Morgan fingerprint density at radius 1 is 0.971 bits per heavy atom. The van der Waals surface area contributed by atoms with Crippen LogP contribution in [0.5, 0.6) is 11.5 Å². The van der Waals surface area contributed by atoms with Gasteiger partial charge in [0.15, 0.2) is 11.5 Å². The van der Waals surface area contributed by atoms with Crippen LogP contribution >= 0.6 is 0 Å². The average Bonchev–Trinajstić information content (AvgIpc) is 2.83. The lowest BCUT2D eigenvalue weighted by Crippen LogP contribution is -2.41. The highest BCUT2D eigenvalue weighted by Crippen LogP contribution is 2.32. The molecule has 0 spiro atoms. The van der Waals surface area contributed by atoms with Gasteiger partial charge in [0.05, 0.1) is 30.8 Å². The van der Waals surface area contributed by atoms with Crippen molar-refractivity contribution in [1.82, 2.24) is 5.32 Å². The van der Waals surface area contributed by atoms with Gasteiger partial charge in [-0.25, -0.2) is 12.8 Å². The lowest BCUT2D eigenvalue weighted by molar-refractivity contribution is -0.120. The molecule has 180 valence electrons. The van der Waals surface area contributed by atoms with E-state index in [1.807, 2.05) is 38.1 Å². The van der Waals surface area contributed by atoms with Crippen LogP contribution in [0.4, 0.5) is 10.1 Å². The van der Waals surface area contributed by atoms with Crippen LogP contribution in [0, 0.1) is 12.7 Å². The molecule has 0 fully saturated rings. The normalized spacial score (nSPS) is 12.0. The molecular formula is C25H27FN2O5S. The Morgan fingerprint density at radius 2 is 1.59 bits per heavy atom. The van der Waals surface area contributed by atoms with Crippen molar-refractivity contribution in [3.8, 4) is 11.5 Å². The minimum absolute atomic E-state index is 0.103. The van der Waals surface area contributed by atoms with E-state index in [-0.39, 0.29) is 22.4 Å². The lowest BCUT2D eigenvalue weighted by Gasteiger charge is -2.25. The summed E-state index contributed by atoms with van der Waals surface area (Å²) in [4.78, 5) is 12.8. The largest absolute Gasteiger partial charge is 0.493 e. The molecule has 0 bridgehead atoms. The standard InChI is InChI=1S/C25H27FN2O5S/c1-17-5-7-19(8-6-17)18(2)27-25(29)16-28(21-11-9-20(26)10-12-21)34(30,31)22-13-14-23(32-3)24(15-22)33-4/h5-15,18H,16H2,1-4H3,(H,27,29)/t18-/m1/s1. The fraction of sp³-hybridized carbons (Fsp3) is 0.240. The number of aryl methyl sites for hydroxylation is 1. The van der Waals surface area contributed by atoms with Gasteiger partial charge in [-0.05, 0) is 55.8 Å². The molecule has 0 saturated carbocycles. The van der Waals surface area contributed by atoms with Crippen LogP contribution in [-0.2, 0) is 14.8 Å². The zero-order valence-electron chi connectivity index (χ0n) is 19.4. The topological polar surface area (TPSA) is 84.9 Å². The highest BCUT2D eigenvalue weighted by molar-refractivity contribution is 7.92. The fourth-order valence-corrected chi connectivity index (χ4v) is 4.82. The van der Waals surface area contributed by atoms with Gasteiger partial charge in [-0.3, -0.25) is 9.10 Å². The molecule has 0 aliphatic heterocycles. The van der Waals surface area contributed by atoms with Crippen molar-refractivity contribution in [3.05, 3.63) is 83.7 Å². The first kappa shape index (κ1) is 25.0. The summed E-state index contributed by atoms with van der Waals surface area (Å²) in [6, 6.07) is 16.4. The molecule has 3 rings (SSSR count). The summed E-state index contributed by atoms with van der Waals surface area (Å²) in [5.74, 6) is -0.453. The van der Waals surface area contributed by atoms with Gasteiger partial charge in [-0.15, -0.1) is 0 Å². The number of carbonyl (C=O) groups excluding carboxylic acids is 1. The van der Waals surface area contributed by atoms with Gasteiger partial charge in [-0.1, -0.05) is 29.8 Å². The Hall–Kier alpha value is -3.59. The van der Waals surface area contributed by atoms with E-state index < -0.39 is 28.3 Å². The van der Waals surface area contributed by atoms with Gasteiger partial charge in [-0.2, -0.15) is 0 Å². The maximum Gasteiger partial charge on any atom is 0.264 e. The molecule has 7 nitrogen and oxygen atoms in total. The number of halogens is 1. The molecule has 34 heavy (non-hydrogen) atoms. The summed E-state index contributed by atoms with van der Waals surface area (Å²) < 4.78 is 52.0. The number of hydrogen-bond donors (Lipinski definition) is 1. The molecule has 3 aromatic rings. The Morgan fingerprint density at radius 3 is 2.18 bits per heavy atom. The summed E-state index contributed by atoms with van der Waals surface area (Å²) in [7, 11) is -1.38. The SMILES string of the molecule is COc1ccc(S(=O)(=O)N(CC(=O)N[C@H](C)c2ccc(C)cc2)c2ccc(F)cc2)cc1OC. The zero-order chi connectivity index (χ0) is 24.9. The highest BCUT2D eigenvalue weighted by atomic mass is 32.2. The number of sulfonamides is 1. The number of methoxy groups -OCH3 is 2. The molecular weight excluding hydrogens is 459 g/mol. The Bertz CT molecular complexity index is 1250. The molecule has 1 amide bonds. The Labute approximate surface area is 199 Å². The third kappa shape index (κ3) is 5.66. The summed E-state index contributed by atoms with van der Waals surface area (Å²) in [5.41, 5.74) is 2.12. The summed E-state index contributed by atoms with van der Waals surface area (Å²) in [5, 5.41) is 2.83. The number of hydrogen-bond acceptors (Lipinski definition) is 5. The number of carbonyl (C=O) groups is 1. The van der Waals surface area contributed by atoms with Crippen molar-refractivity contribution in [1.29, 1.82) is 0 Å². The molecule has 0 heterocycles. The van der Waals surface area contributed by atoms with E-state index in [2.05, 4.69) is 5.32 Å². The Kier molecular flexibility index (Phi) is 7.78. The van der Waals surface area contributed by atoms with Crippen LogP contribution in [0.15, 0.2) is 71.6 Å². The molecule has 3 aromatic carbocycles. The highest BCUT2D eigenvalue weighted by Gasteiger charge is 2.29. The number of ether oxygens (including phenoxy) is 2. The van der Waals surface area contributed by atoms with Gasteiger partial charge in [0.2, 0.25) is 5.91 Å². The van der Waals surface area contributed by atoms with E-state index in [4.69, 9.17) is 9.47 Å². The molecule has 0 aliphatic carbocycles. The van der Waals surface area contributed by atoms with Crippen molar-refractivity contribution in [2.75, 3.05) is 25.1 Å². The third-order valence-corrected chi connectivity index (χ3v) is 7.07. The first-order chi connectivity index (χ1) is 16.1. The third-order valence-electron chi connectivity index (χ3n) is 5.30. The zero-order valence-corrected chi connectivity index (χ0v) is 20.2. The lowest BCUT2D eigenvalue weighted by atomic mass is 10.1. The first-order valence-electron chi connectivity index (χ1n) is 10.5. The van der Waals surface area contributed by atoms with Gasteiger partial charge < -0.3 is 14.8 Å². The predicted molar refractivity (Wildman–Crippen MR) is 128 cm³/mol. The van der Waals surface area contributed by atoms with E-state index in [0.29, 0.717) is 5.75 Å². The van der Waals surface area contributed by atoms with Crippen LogP contribution in [0.25, 0.3) is 0 Å². The van der Waals surface area contributed by atoms with E-state index in [9.17, 15) is 17.6 Å². The maximum absolute atomic E-state index is 13.6. The van der Waals surface area contributed by atoms with Crippen LogP contribution in [-0.4, -0.2) is 35.1 Å². The second-order valence-corrected chi connectivity index (χ2v) is 9.57. The number of benzene rings is 3. The van der Waals surface area contributed by atoms with Crippen molar-refractivity contribution < 1.29 is 27.1 Å². The van der Waals surface area contributed by atoms with Crippen LogP contribution in [0.2, 0.25) is 0 Å². The Balaban J connectivity index is 1.93. The van der Waals surface area contributed by atoms with E-state index >= 15 is 0 Å². The maximum atomic E-state index is 13.6. The first-order valence-corrected chi connectivity index (χ1v) is 12.0. The number of anilines is 1. The average molecular weight is 487 g/mol. The molecule has 9 heteroatoms. The van der Waals surface area contributed by atoms with E-state index in [1.165, 1.54) is 44.6 Å². The second kappa shape index (κ2) is 10.6. The minimum atomic E-state index is -4.21. The van der Waals surface area contributed by atoms with E-state index in [0.717, 1.165) is 27.6 Å². The predicted octanol–water partition coefficient (Wildman–Crippen LogP) is 4.22. The fourth-order valence-electron chi connectivity index (χ4n) is 3.38. The number of nitrogens with zero attached hydrogens (tertiary/aromatic N) is 1. The van der Waals surface area contributed by atoms with Crippen molar-refractivity contribution >= 4 is 21.6 Å². The van der Waals surface area contributed by atoms with Crippen LogP contribution in [0.3, 0.4) is 0 Å². The smallest absolute Gasteiger partial charge is 0.264 e. The summed E-state index contributed by atoms with van der Waals surface area (Å²) >= 11 is 0. The quantitative estimate of drug-likeness (QED) is 0.490. The molecule has 0 aromatic heterocycles. The molecule has 0 radical (unpaired) electrons. The van der Waals surface area contributed by atoms with Crippen LogP contribution in [0.1, 0.15) is 24.1 Å². The minimum Gasteiger partial charge on any atom is -0.493 e. The molecule has 0 aliphatic rings. The number of rotatable bonds is 9.